The van der Waals surface area contributed by atoms with E-state index in [4.69, 9.17) is 5.11 Å². The molecule has 2 atom stereocenters. The van der Waals surface area contributed by atoms with Gasteiger partial charge in [0.05, 0.1) is 6.20 Å². The maximum absolute atomic E-state index is 11.6. The fraction of sp³-hybridized carbons (Fsp3) is 0.600. The van der Waals surface area contributed by atoms with E-state index in [0.29, 0.717) is 5.92 Å². The van der Waals surface area contributed by atoms with Crippen LogP contribution in [0.3, 0.4) is 0 Å². The monoisotopic (exact) mass is 238 g/mol. The first-order valence-electron chi connectivity index (χ1n) is 5.53. The molecule has 0 aliphatic heterocycles. The summed E-state index contributed by atoms with van der Waals surface area (Å²) in [7, 11) is 0. The number of aromatic nitrogens is 3. The Morgan fingerprint density at radius 2 is 2.41 bits per heavy atom. The Kier molecular flexibility index (Phi) is 3.08. The first kappa shape index (κ1) is 11.6. The van der Waals surface area contributed by atoms with Gasteiger partial charge in [-0.3, -0.25) is 4.79 Å². The minimum absolute atomic E-state index is 0.00716. The summed E-state index contributed by atoms with van der Waals surface area (Å²) < 4.78 is 1.22. The lowest BCUT2D eigenvalue weighted by molar-refractivity contribution is -0.122. The number of hydrogen-bond acceptors (Lipinski definition) is 4. The maximum Gasteiger partial charge on any atom is 0.358 e. The number of carbonyl (C=O) groups excluding carboxylic acids is 1. The summed E-state index contributed by atoms with van der Waals surface area (Å²) in [4.78, 5) is 22.1. The van der Waals surface area contributed by atoms with Gasteiger partial charge in [0.15, 0.2) is 5.69 Å². The Morgan fingerprint density at radius 3 is 2.94 bits per heavy atom. The average molecular weight is 238 g/mol. The molecule has 0 radical (unpaired) electrons. The molecule has 2 N–H and O–H groups in total. The quantitative estimate of drug-likeness (QED) is 0.746. The maximum atomic E-state index is 11.6. The molecular formula is C10H14N4O3. The van der Waals surface area contributed by atoms with Crippen molar-refractivity contribution in [3.8, 4) is 0 Å². The summed E-state index contributed by atoms with van der Waals surface area (Å²) in [6.07, 6.45) is 3.34. The SMILES string of the molecule is CCC1CC1NC(=O)Cn1cc(C(=O)O)nn1. The molecule has 0 bridgehead atoms. The molecule has 0 saturated heterocycles. The molecule has 1 aromatic rings. The molecule has 1 saturated carbocycles. The minimum atomic E-state index is -1.15. The highest BCUT2D eigenvalue weighted by Crippen LogP contribution is 2.32. The molecule has 1 aliphatic rings. The van der Waals surface area contributed by atoms with Crippen LogP contribution < -0.4 is 5.32 Å². The van der Waals surface area contributed by atoms with Crippen LogP contribution in [0.1, 0.15) is 30.3 Å². The number of carbonyl (C=O) groups is 2. The van der Waals surface area contributed by atoms with Crippen LogP contribution in [0.15, 0.2) is 6.20 Å². The second-order valence-electron chi connectivity index (χ2n) is 4.18. The Morgan fingerprint density at radius 1 is 1.65 bits per heavy atom. The lowest BCUT2D eigenvalue weighted by Gasteiger charge is -2.03. The zero-order valence-corrected chi connectivity index (χ0v) is 9.46. The predicted octanol–water partition coefficient (Wildman–Crippen LogP) is -0.109. The highest BCUT2D eigenvalue weighted by atomic mass is 16.4. The molecule has 7 heteroatoms. The Bertz CT molecular complexity index is 443. The molecule has 1 aliphatic carbocycles. The zero-order chi connectivity index (χ0) is 12.4. The van der Waals surface area contributed by atoms with E-state index in [1.807, 2.05) is 0 Å². The van der Waals surface area contributed by atoms with E-state index in [1.165, 1.54) is 10.9 Å². The second-order valence-corrected chi connectivity index (χ2v) is 4.18. The molecular weight excluding hydrogens is 224 g/mol. The summed E-state index contributed by atoms with van der Waals surface area (Å²) in [5.41, 5.74) is -0.157. The van der Waals surface area contributed by atoms with E-state index >= 15 is 0 Å². The molecule has 7 nitrogen and oxygen atoms in total. The largest absolute Gasteiger partial charge is 0.476 e. The van der Waals surface area contributed by atoms with Crippen molar-refractivity contribution in [1.82, 2.24) is 20.3 Å². The number of aromatic carboxylic acids is 1. The van der Waals surface area contributed by atoms with Gasteiger partial charge in [-0.25, -0.2) is 9.48 Å². The van der Waals surface area contributed by atoms with E-state index in [1.54, 1.807) is 0 Å². The van der Waals surface area contributed by atoms with Gasteiger partial charge in [-0.05, 0) is 12.3 Å². The third kappa shape index (κ3) is 2.80. The normalized spacial score (nSPS) is 22.2. The fourth-order valence-corrected chi connectivity index (χ4v) is 1.75. The molecule has 0 aromatic carbocycles. The van der Waals surface area contributed by atoms with Crippen molar-refractivity contribution in [2.45, 2.75) is 32.4 Å². The highest BCUT2D eigenvalue weighted by Gasteiger charge is 2.36. The van der Waals surface area contributed by atoms with E-state index < -0.39 is 5.97 Å². The van der Waals surface area contributed by atoms with Crippen molar-refractivity contribution in [3.05, 3.63) is 11.9 Å². The highest BCUT2D eigenvalue weighted by molar-refractivity contribution is 5.84. The van der Waals surface area contributed by atoms with Crippen LogP contribution in [-0.2, 0) is 11.3 Å². The standard InChI is InChI=1S/C10H14N4O3/c1-2-6-3-7(6)11-9(15)5-14-4-8(10(16)17)12-13-14/h4,6-7H,2-3,5H2,1H3,(H,11,15)(H,16,17). The fourth-order valence-electron chi connectivity index (χ4n) is 1.75. The summed E-state index contributed by atoms with van der Waals surface area (Å²) >= 11 is 0. The molecule has 17 heavy (non-hydrogen) atoms. The smallest absolute Gasteiger partial charge is 0.358 e. The van der Waals surface area contributed by atoms with Crippen molar-refractivity contribution in [3.63, 3.8) is 0 Å². The third-order valence-corrected chi connectivity index (χ3v) is 2.86. The molecule has 1 aromatic heterocycles. The van der Waals surface area contributed by atoms with Gasteiger partial charge < -0.3 is 10.4 Å². The van der Waals surface area contributed by atoms with Crippen LogP contribution in [-0.4, -0.2) is 38.0 Å². The van der Waals surface area contributed by atoms with Gasteiger partial charge in [0, 0.05) is 6.04 Å². The van der Waals surface area contributed by atoms with Crippen LogP contribution >= 0.6 is 0 Å². The first-order valence-corrected chi connectivity index (χ1v) is 5.53. The number of carboxylic acid groups (broad SMARTS) is 1. The van der Waals surface area contributed by atoms with Crippen molar-refractivity contribution >= 4 is 11.9 Å². The minimum Gasteiger partial charge on any atom is -0.476 e. The van der Waals surface area contributed by atoms with E-state index in [0.717, 1.165) is 12.8 Å². The number of carboxylic acids is 1. The molecule has 92 valence electrons. The topological polar surface area (TPSA) is 97.1 Å². The summed E-state index contributed by atoms with van der Waals surface area (Å²) in [6.45, 7) is 2.10. The first-order chi connectivity index (χ1) is 8.10. The van der Waals surface area contributed by atoms with Crippen molar-refractivity contribution in [1.29, 1.82) is 0 Å². The van der Waals surface area contributed by atoms with Gasteiger partial charge in [0.2, 0.25) is 5.91 Å². The van der Waals surface area contributed by atoms with E-state index in [9.17, 15) is 9.59 Å². The van der Waals surface area contributed by atoms with Crippen molar-refractivity contribution < 1.29 is 14.7 Å². The molecule has 0 spiro atoms. The third-order valence-electron chi connectivity index (χ3n) is 2.86. The Labute approximate surface area is 97.8 Å². The van der Waals surface area contributed by atoms with Crippen molar-refractivity contribution in [2.75, 3.05) is 0 Å². The van der Waals surface area contributed by atoms with Gasteiger partial charge in [-0.15, -0.1) is 5.10 Å². The summed E-state index contributed by atoms with van der Waals surface area (Å²) in [5, 5.41) is 18.5. The second kappa shape index (κ2) is 4.52. The summed E-state index contributed by atoms with van der Waals surface area (Å²) in [6, 6.07) is 0.273. The van der Waals surface area contributed by atoms with Gasteiger partial charge in [-0.1, -0.05) is 18.6 Å². The van der Waals surface area contributed by atoms with Crippen LogP contribution in [0.2, 0.25) is 0 Å². The Balaban J connectivity index is 1.83. The average Bonchev–Trinajstić information content (AvgIpc) is 2.83. The van der Waals surface area contributed by atoms with Gasteiger partial charge >= 0.3 is 5.97 Å². The molecule has 1 heterocycles. The number of hydrogen-bond donors (Lipinski definition) is 2. The molecule has 1 fully saturated rings. The van der Waals surface area contributed by atoms with E-state index in [2.05, 4.69) is 22.6 Å². The molecule has 2 unspecified atom stereocenters. The van der Waals surface area contributed by atoms with Gasteiger partial charge in [0.25, 0.3) is 0 Å². The summed E-state index contributed by atoms with van der Waals surface area (Å²) in [5.74, 6) is -0.720. The van der Waals surface area contributed by atoms with Crippen LogP contribution in [0, 0.1) is 5.92 Å². The van der Waals surface area contributed by atoms with Gasteiger partial charge in [-0.2, -0.15) is 0 Å². The van der Waals surface area contributed by atoms with Crippen LogP contribution in [0.25, 0.3) is 0 Å². The van der Waals surface area contributed by atoms with Gasteiger partial charge in [0.1, 0.15) is 6.54 Å². The number of nitrogens with one attached hydrogen (secondary N) is 1. The number of nitrogens with zero attached hydrogens (tertiary/aromatic N) is 3. The lowest BCUT2D eigenvalue weighted by Crippen LogP contribution is -2.30. The lowest BCUT2D eigenvalue weighted by atomic mass is 10.3. The molecule has 2 rings (SSSR count). The number of amides is 1. The van der Waals surface area contributed by atoms with Crippen molar-refractivity contribution in [2.24, 2.45) is 5.92 Å². The Hall–Kier alpha value is -1.92. The molecule has 1 amide bonds. The van der Waals surface area contributed by atoms with Crippen LogP contribution in [0.5, 0.6) is 0 Å². The number of rotatable bonds is 5. The predicted molar refractivity (Wildman–Crippen MR) is 57.3 cm³/mol. The van der Waals surface area contributed by atoms with Crippen LogP contribution in [0.4, 0.5) is 0 Å². The zero-order valence-electron chi connectivity index (χ0n) is 9.46. The van der Waals surface area contributed by atoms with E-state index in [-0.39, 0.29) is 24.2 Å².